The normalized spacial score (nSPS) is 31.3. The highest BCUT2D eigenvalue weighted by atomic mass is 16.6. The van der Waals surface area contributed by atoms with Crippen molar-refractivity contribution in [3.05, 3.63) is 0 Å². The summed E-state index contributed by atoms with van der Waals surface area (Å²) in [6, 6.07) is 0. The second-order valence-electron chi connectivity index (χ2n) is 4.47. The summed E-state index contributed by atoms with van der Waals surface area (Å²) >= 11 is 0. The van der Waals surface area contributed by atoms with Crippen molar-refractivity contribution in [3.63, 3.8) is 0 Å². The fourth-order valence-corrected chi connectivity index (χ4v) is 2.35. The van der Waals surface area contributed by atoms with Crippen molar-refractivity contribution in [1.82, 2.24) is 0 Å². The molecule has 0 aromatic rings. The molecule has 3 atom stereocenters. The molecule has 0 aliphatic heterocycles. The van der Waals surface area contributed by atoms with E-state index < -0.39 is 6.10 Å². The van der Waals surface area contributed by atoms with E-state index in [9.17, 15) is 9.90 Å². The van der Waals surface area contributed by atoms with Crippen LogP contribution < -0.4 is 0 Å². The molecule has 3 heteroatoms. The Hall–Kier alpha value is -0.570. The predicted octanol–water partition coefficient (Wildman–Crippen LogP) is 2.27. The second kappa shape index (κ2) is 6.11. The Labute approximate surface area is 91.8 Å². The van der Waals surface area contributed by atoms with Crippen LogP contribution in [0.2, 0.25) is 0 Å². The van der Waals surface area contributed by atoms with E-state index in [1.165, 1.54) is 6.92 Å². The third-order valence-electron chi connectivity index (χ3n) is 3.17. The molecule has 88 valence electrons. The molecule has 1 aliphatic rings. The van der Waals surface area contributed by atoms with Crippen LogP contribution >= 0.6 is 0 Å². The molecule has 0 aromatic carbocycles. The van der Waals surface area contributed by atoms with Gasteiger partial charge in [0.1, 0.15) is 6.10 Å². The van der Waals surface area contributed by atoms with Crippen LogP contribution in [-0.2, 0) is 9.53 Å². The van der Waals surface area contributed by atoms with Crippen LogP contribution in [0.4, 0.5) is 0 Å². The van der Waals surface area contributed by atoms with Gasteiger partial charge >= 0.3 is 5.97 Å². The highest BCUT2D eigenvalue weighted by Crippen LogP contribution is 2.30. The smallest absolute Gasteiger partial charge is 0.302 e. The third-order valence-corrected chi connectivity index (χ3v) is 3.17. The first-order valence-electron chi connectivity index (χ1n) is 6.00. The van der Waals surface area contributed by atoms with E-state index in [-0.39, 0.29) is 12.1 Å². The molecule has 15 heavy (non-hydrogen) atoms. The fraction of sp³-hybridized carbons (Fsp3) is 0.917. The van der Waals surface area contributed by atoms with E-state index in [0.717, 1.165) is 38.5 Å². The van der Waals surface area contributed by atoms with E-state index in [2.05, 4.69) is 6.92 Å². The first kappa shape index (κ1) is 12.5. The Bertz CT molecular complexity index is 203. The van der Waals surface area contributed by atoms with Crippen molar-refractivity contribution < 1.29 is 14.6 Å². The van der Waals surface area contributed by atoms with Crippen LogP contribution in [-0.4, -0.2) is 23.3 Å². The highest BCUT2D eigenvalue weighted by Gasteiger charge is 2.33. The van der Waals surface area contributed by atoms with Crippen molar-refractivity contribution >= 4 is 5.97 Å². The minimum atomic E-state index is -0.450. The van der Waals surface area contributed by atoms with E-state index in [4.69, 9.17) is 4.74 Å². The molecule has 0 bridgehead atoms. The molecule has 0 saturated heterocycles. The van der Waals surface area contributed by atoms with Gasteiger partial charge in [0.05, 0.1) is 6.10 Å². The first-order chi connectivity index (χ1) is 7.15. The Morgan fingerprint density at radius 2 is 2.20 bits per heavy atom. The summed E-state index contributed by atoms with van der Waals surface area (Å²) in [5.74, 6) is 0.0400. The number of unbranched alkanes of at least 4 members (excludes halogenated alkanes) is 1. The van der Waals surface area contributed by atoms with Crippen molar-refractivity contribution in [2.45, 2.75) is 64.6 Å². The molecule has 1 N–H and O–H groups in total. The van der Waals surface area contributed by atoms with Gasteiger partial charge in [0.2, 0.25) is 0 Å². The predicted molar refractivity (Wildman–Crippen MR) is 58.4 cm³/mol. The minimum Gasteiger partial charge on any atom is -0.460 e. The molecule has 1 rings (SSSR count). The van der Waals surface area contributed by atoms with Gasteiger partial charge < -0.3 is 9.84 Å². The average molecular weight is 214 g/mol. The number of rotatable bonds is 4. The van der Waals surface area contributed by atoms with E-state index in [0.29, 0.717) is 5.92 Å². The molecule has 1 aliphatic carbocycles. The van der Waals surface area contributed by atoms with E-state index >= 15 is 0 Å². The number of carbonyl (C=O) groups is 1. The number of aliphatic hydroxyl groups excluding tert-OH is 1. The Kier molecular flexibility index (Phi) is 5.09. The zero-order valence-electron chi connectivity index (χ0n) is 9.74. The number of esters is 1. The molecule has 0 amide bonds. The van der Waals surface area contributed by atoms with Gasteiger partial charge in [-0.25, -0.2) is 0 Å². The van der Waals surface area contributed by atoms with Gasteiger partial charge in [0.15, 0.2) is 0 Å². The maximum atomic E-state index is 10.8. The fourth-order valence-electron chi connectivity index (χ4n) is 2.35. The van der Waals surface area contributed by atoms with E-state index in [1.807, 2.05) is 0 Å². The molecular weight excluding hydrogens is 192 g/mol. The summed E-state index contributed by atoms with van der Waals surface area (Å²) in [7, 11) is 0. The van der Waals surface area contributed by atoms with Gasteiger partial charge in [-0.05, 0) is 31.6 Å². The Morgan fingerprint density at radius 3 is 2.80 bits per heavy atom. The number of hydrogen-bond donors (Lipinski definition) is 1. The summed E-state index contributed by atoms with van der Waals surface area (Å²) in [6.07, 6.45) is 5.57. The van der Waals surface area contributed by atoms with Crippen LogP contribution in [0.15, 0.2) is 0 Å². The summed E-state index contributed by atoms with van der Waals surface area (Å²) in [5.41, 5.74) is 0. The topological polar surface area (TPSA) is 46.5 Å². The monoisotopic (exact) mass is 214 g/mol. The van der Waals surface area contributed by atoms with Crippen LogP contribution in [0.5, 0.6) is 0 Å². The molecular formula is C12H22O3. The quantitative estimate of drug-likeness (QED) is 0.730. The van der Waals surface area contributed by atoms with Crippen LogP contribution in [0.1, 0.15) is 52.4 Å². The van der Waals surface area contributed by atoms with E-state index in [1.54, 1.807) is 0 Å². The lowest BCUT2D eigenvalue weighted by molar-refractivity contribution is -0.158. The molecule has 0 unspecified atom stereocenters. The molecule has 0 aromatic heterocycles. The SMILES string of the molecule is CCCC[C@H]1CCC[C@@H](OC(C)=O)[C@@H]1O. The van der Waals surface area contributed by atoms with Gasteiger partial charge in [0, 0.05) is 6.92 Å². The zero-order chi connectivity index (χ0) is 11.3. The maximum Gasteiger partial charge on any atom is 0.302 e. The van der Waals surface area contributed by atoms with Crippen molar-refractivity contribution in [3.8, 4) is 0 Å². The first-order valence-corrected chi connectivity index (χ1v) is 6.00. The lowest BCUT2D eigenvalue weighted by Crippen LogP contribution is -2.40. The highest BCUT2D eigenvalue weighted by molar-refractivity contribution is 5.66. The van der Waals surface area contributed by atoms with Crippen molar-refractivity contribution in [1.29, 1.82) is 0 Å². The minimum absolute atomic E-state index is 0.266. The van der Waals surface area contributed by atoms with Gasteiger partial charge in [-0.1, -0.05) is 19.8 Å². The third kappa shape index (κ3) is 3.82. The second-order valence-corrected chi connectivity index (χ2v) is 4.47. The number of carbonyl (C=O) groups excluding carboxylic acids is 1. The molecule has 0 heterocycles. The number of aliphatic hydroxyl groups is 1. The summed E-state index contributed by atoms with van der Waals surface area (Å²) in [4.78, 5) is 10.8. The van der Waals surface area contributed by atoms with Crippen LogP contribution in [0.25, 0.3) is 0 Å². The van der Waals surface area contributed by atoms with Gasteiger partial charge in [-0.2, -0.15) is 0 Å². The number of ether oxygens (including phenoxy) is 1. The molecule has 3 nitrogen and oxygen atoms in total. The zero-order valence-corrected chi connectivity index (χ0v) is 9.74. The van der Waals surface area contributed by atoms with Gasteiger partial charge in [-0.3, -0.25) is 4.79 Å². The standard InChI is InChI=1S/C12H22O3/c1-3-4-6-10-7-5-8-11(12(10)14)15-9(2)13/h10-12,14H,3-8H2,1-2H3/t10-,11+,12+/m0/s1. The van der Waals surface area contributed by atoms with Crippen molar-refractivity contribution in [2.24, 2.45) is 5.92 Å². The summed E-state index contributed by atoms with van der Waals surface area (Å²) in [6.45, 7) is 3.56. The summed E-state index contributed by atoms with van der Waals surface area (Å²) in [5, 5.41) is 10.0. The van der Waals surface area contributed by atoms with Gasteiger partial charge in [-0.15, -0.1) is 0 Å². The Balaban J connectivity index is 2.43. The average Bonchev–Trinajstić information content (AvgIpc) is 2.19. The van der Waals surface area contributed by atoms with Crippen LogP contribution in [0.3, 0.4) is 0 Å². The lowest BCUT2D eigenvalue weighted by Gasteiger charge is -2.34. The van der Waals surface area contributed by atoms with Crippen LogP contribution in [0, 0.1) is 5.92 Å². The van der Waals surface area contributed by atoms with Crippen molar-refractivity contribution in [2.75, 3.05) is 0 Å². The summed E-state index contributed by atoms with van der Waals surface area (Å²) < 4.78 is 5.12. The molecule has 0 spiro atoms. The Morgan fingerprint density at radius 1 is 1.47 bits per heavy atom. The largest absolute Gasteiger partial charge is 0.460 e. The number of hydrogen-bond acceptors (Lipinski definition) is 3. The van der Waals surface area contributed by atoms with Gasteiger partial charge in [0.25, 0.3) is 0 Å². The molecule has 1 saturated carbocycles. The molecule has 0 radical (unpaired) electrons. The lowest BCUT2D eigenvalue weighted by atomic mass is 9.81. The molecule has 1 fully saturated rings. The maximum absolute atomic E-state index is 10.8.